The maximum atomic E-state index is 11.3. The van der Waals surface area contributed by atoms with Gasteiger partial charge in [0.25, 0.3) is 0 Å². The monoisotopic (exact) mass is 395 g/mol. The highest BCUT2D eigenvalue weighted by Gasteiger charge is 2.25. The molecule has 1 unspecified atom stereocenters. The Bertz CT molecular complexity index is 815. The van der Waals surface area contributed by atoms with Crippen LogP contribution in [0.1, 0.15) is 57.1 Å². The Hall–Kier alpha value is -2.49. The predicted molar refractivity (Wildman–Crippen MR) is 118 cm³/mol. The molecule has 0 radical (unpaired) electrons. The van der Waals surface area contributed by atoms with E-state index >= 15 is 0 Å². The lowest BCUT2D eigenvalue weighted by atomic mass is 9.96. The molecule has 0 spiro atoms. The SMILES string of the molecule is CCCOc1ccc(N2CCC(Oc3ccc([C@H](C)CC(C)=O)cc3)C2)c(C)c1. The van der Waals surface area contributed by atoms with Gasteiger partial charge in [0.05, 0.1) is 13.2 Å². The van der Waals surface area contributed by atoms with Crippen molar-refractivity contribution in [3.8, 4) is 11.5 Å². The van der Waals surface area contributed by atoms with Crippen molar-refractivity contribution in [3.05, 3.63) is 53.6 Å². The smallest absolute Gasteiger partial charge is 0.130 e. The minimum atomic E-state index is 0.186. The molecule has 1 saturated heterocycles. The quantitative estimate of drug-likeness (QED) is 0.560. The van der Waals surface area contributed by atoms with E-state index in [4.69, 9.17) is 9.47 Å². The third-order valence-electron chi connectivity index (χ3n) is 5.47. The highest BCUT2D eigenvalue weighted by Crippen LogP contribution is 2.30. The number of rotatable bonds is 9. The van der Waals surface area contributed by atoms with Crippen LogP contribution in [0.4, 0.5) is 5.69 Å². The van der Waals surface area contributed by atoms with Gasteiger partial charge in [-0.25, -0.2) is 0 Å². The molecule has 0 amide bonds. The maximum Gasteiger partial charge on any atom is 0.130 e. The van der Waals surface area contributed by atoms with E-state index in [1.807, 2.05) is 12.1 Å². The third kappa shape index (κ3) is 5.75. The van der Waals surface area contributed by atoms with Crippen molar-refractivity contribution in [1.29, 1.82) is 0 Å². The molecule has 3 rings (SSSR count). The van der Waals surface area contributed by atoms with E-state index in [9.17, 15) is 4.79 Å². The first-order chi connectivity index (χ1) is 14.0. The molecule has 29 heavy (non-hydrogen) atoms. The third-order valence-corrected chi connectivity index (χ3v) is 5.47. The number of carbonyl (C=O) groups is 1. The summed E-state index contributed by atoms with van der Waals surface area (Å²) in [6.45, 7) is 10.6. The van der Waals surface area contributed by atoms with Crippen molar-refractivity contribution in [2.75, 3.05) is 24.6 Å². The molecule has 0 aliphatic carbocycles. The van der Waals surface area contributed by atoms with E-state index in [1.54, 1.807) is 6.92 Å². The van der Waals surface area contributed by atoms with E-state index in [0.29, 0.717) is 6.42 Å². The van der Waals surface area contributed by atoms with Gasteiger partial charge in [-0.2, -0.15) is 0 Å². The Morgan fingerprint density at radius 1 is 1.17 bits per heavy atom. The number of anilines is 1. The van der Waals surface area contributed by atoms with Crippen LogP contribution in [-0.2, 0) is 4.79 Å². The van der Waals surface area contributed by atoms with E-state index in [0.717, 1.165) is 44.0 Å². The highest BCUT2D eigenvalue weighted by atomic mass is 16.5. The summed E-state index contributed by atoms with van der Waals surface area (Å²) in [6, 6.07) is 14.6. The molecular weight excluding hydrogens is 362 g/mol. The number of benzene rings is 2. The first-order valence-electron chi connectivity index (χ1n) is 10.7. The number of hydrogen-bond donors (Lipinski definition) is 0. The van der Waals surface area contributed by atoms with Crippen LogP contribution in [0.25, 0.3) is 0 Å². The maximum absolute atomic E-state index is 11.3. The van der Waals surface area contributed by atoms with Crippen molar-refractivity contribution in [3.63, 3.8) is 0 Å². The van der Waals surface area contributed by atoms with Gasteiger partial charge in [0, 0.05) is 25.1 Å². The lowest BCUT2D eigenvalue weighted by Crippen LogP contribution is -2.25. The Morgan fingerprint density at radius 2 is 1.90 bits per heavy atom. The highest BCUT2D eigenvalue weighted by molar-refractivity contribution is 5.76. The summed E-state index contributed by atoms with van der Waals surface area (Å²) >= 11 is 0. The molecule has 2 atom stereocenters. The molecule has 0 saturated carbocycles. The second kappa shape index (κ2) is 9.82. The molecule has 1 aliphatic heterocycles. The minimum Gasteiger partial charge on any atom is -0.494 e. The lowest BCUT2D eigenvalue weighted by Gasteiger charge is -2.22. The summed E-state index contributed by atoms with van der Waals surface area (Å²) in [6.07, 6.45) is 2.80. The fraction of sp³-hybridized carbons (Fsp3) is 0.480. The molecule has 4 heteroatoms. The number of aryl methyl sites for hydroxylation is 1. The van der Waals surface area contributed by atoms with Crippen LogP contribution in [0.5, 0.6) is 11.5 Å². The van der Waals surface area contributed by atoms with Crippen LogP contribution >= 0.6 is 0 Å². The minimum absolute atomic E-state index is 0.186. The molecule has 2 aromatic carbocycles. The van der Waals surface area contributed by atoms with Crippen LogP contribution in [0.15, 0.2) is 42.5 Å². The standard InChI is InChI=1S/C25H33NO3/c1-5-14-28-23-10-11-25(19(3)16-23)26-13-12-24(17-26)29-22-8-6-21(7-9-22)18(2)15-20(4)27/h6-11,16,18,24H,5,12-15,17H2,1-4H3/t18-,24?/m1/s1. The topological polar surface area (TPSA) is 38.8 Å². The number of Topliss-reactive ketones (excluding diaryl/α,β-unsaturated/α-hetero) is 1. The van der Waals surface area contributed by atoms with Gasteiger partial charge < -0.3 is 19.2 Å². The first kappa shape index (κ1) is 21.2. The van der Waals surface area contributed by atoms with Crippen molar-refractivity contribution in [1.82, 2.24) is 0 Å². The lowest BCUT2D eigenvalue weighted by molar-refractivity contribution is -0.117. The summed E-state index contributed by atoms with van der Waals surface area (Å²) < 4.78 is 12.0. The van der Waals surface area contributed by atoms with Crippen molar-refractivity contribution >= 4 is 11.5 Å². The number of ether oxygens (including phenoxy) is 2. The Labute approximate surface area is 174 Å². The van der Waals surface area contributed by atoms with Crippen LogP contribution in [0, 0.1) is 6.92 Å². The van der Waals surface area contributed by atoms with Gasteiger partial charge in [-0.1, -0.05) is 26.0 Å². The average Bonchev–Trinajstić information content (AvgIpc) is 3.14. The summed E-state index contributed by atoms with van der Waals surface area (Å²) in [5.74, 6) is 2.31. The molecule has 1 heterocycles. The normalized spacial score (nSPS) is 17.2. The second-order valence-corrected chi connectivity index (χ2v) is 8.15. The molecule has 4 nitrogen and oxygen atoms in total. The van der Waals surface area contributed by atoms with Gasteiger partial charge in [0.2, 0.25) is 0 Å². The predicted octanol–water partition coefficient (Wildman–Crippen LogP) is 5.52. The van der Waals surface area contributed by atoms with E-state index in [1.165, 1.54) is 16.8 Å². The summed E-state index contributed by atoms with van der Waals surface area (Å²) in [4.78, 5) is 13.7. The molecule has 1 fully saturated rings. The average molecular weight is 396 g/mol. The molecule has 0 N–H and O–H groups in total. The van der Waals surface area contributed by atoms with Crippen molar-refractivity contribution in [2.45, 2.75) is 59.0 Å². The zero-order valence-electron chi connectivity index (χ0n) is 18.1. The molecule has 1 aliphatic rings. The molecule has 0 aromatic heterocycles. The molecule has 0 bridgehead atoms. The Morgan fingerprint density at radius 3 is 2.55 bits per heavy atom. The van der Waals surface area contributed by atoms with Crippen LogP contribution in [0.2, 0.25) is 0 Å². The van der Waals surface area contributed by atoms with Gasteiger partial charge in [-0.05, 0) is 67.6 Å². The fourth-order valence-electron chi connectivity index (χ4n) is 3.95. The zero-order valence-corrected chi connectivity index (χ0v) is 18.1. The van der Waals surface area contributed by atoms with E-state index in [-0.39, 0.29) is 17.8 Å². The Kier molecular flexibility index (Phi) is 7.18. The van der Waals surface area contributed by atoms with Gasteiger partial charge in [0.1, 0.15) is 23.4 Å². The summed E-state index contributed by atoms with van der Waals surface area (Å²) in [5, 5.41) is 0. The van der Waals surface area contributed by atoms with Gasteiger partial charge in [-0.3, -0.25) is 0 Å². The van der Waals surface area contributed by atoms with Crippen LogP contribution in [-0.4, -0.2) is 31.6 Å². The number of hydrogen-bond acceptors (Lipinski definition) is 4. The Balaban J connectivity index is 1.56. The van der Waals surface area contributed by atoms with Gasteiger partial charge >= 0.3 is 0 Å². The van der Waals surface area contributed by atoms with Gasteiger partial charge in [-0.15, -0.1) is 0 Å². The number of ketones is 1. The summed E-state index contributed by atoms with van der Waals surface area (Å²) in [5.41, 5.74) is 3.68. The zero-order chi connectivity index (χ0) is 20.8. The van der Waals surface area contributed by atoms with Gasteiger partial charge in [0.15, 0.2) is 0 Å². The fourth-order valence-corrected chi connectivity index (χ4v) is 3.95. The van der Waals surface area contributed by atoms with E-state index in [2.05, 4.69) is 56.0 Å². The van der Waals surface area contributed by atoms with Crippen LogP contribution in [0.3, 0.4) is 0 Å². The summed E-state index contributed by atoms with van der Waals surface area (Å²) in [7, 11) is 0. The first-order valence-corrected chi connectivity index (χ1v) is 10.7. The second-order valence-electron chi connectivity index (χ2n) is 8.15. The molecule has 156 valence electrons. The van der Waals surface area contributed by atoms with E-state index < -0.39 is 0 Å². The molecular formula is C25H33NO3. The van der Waals surface area contributed by atoms with Crippen molar-refractivity contribution in [2.24, 2.45) is 0 Å². The number of nitrogens with zero attached hydrogens (tertiary/aromatic N) is 1. The number of carbonyl (C=O) groups excluding carboxylic acids is 1. The van der Waals surface area contributed by atoms with Crippen molar-refractivity contribution < 1.29 is 14.3 Å². The molecule has 2 aromatic rings. The largest absolute Gasteiger partial charge is 0.494 e. The van der Waals surface area contributed by atoms with Crippen LogP contribution < -0.4 is 14.4 Å².